The summed E-state index contributed by atoms with van der Waals surface area (Å²) in [6.45, 7) is 4.57. The molecule has 0 saturated carbocycles. The number of hydrogen-bond acceptors (Lipinski definition) is 3. The second kappa shape index (κ2) is 9.13. The van der Waals surface area contributed by atoms with E-state index in [-0.39, 0.29) is 11.8 Å². The van der Waals surface area contributed by atoms with E-state index in [4.69, 9.17) is 11.6 Å². The van der Waals surface area contributed by atoms with E-state index in [1.807, 2.05) is 50.2 Å². The summed E-state index contributed by atoms with van der Waals surface area (Å²) < 4.78 is 1.80. The highest BCUT2D eigenvalue weighted by Crippen LogP contribution is 2.19. The van der Waals surface area contributed by atoms with Gasteiger partial charge in [0, 0.05) is 36.9 Å². The van der Waals surface area contributed by atoms with Crippen LogP contribution in [-0.4, -0.2) is 40.6 Å². The Kier molecular flexibility index (Phi) is 6.57. The van der Waals surface area contributed by atoms with Gasteiger partial charge in [0.1, 0.15) is 0 Å². The van der Waals surface area contributed by atoms with Crippen molar-refractivity contribution in [3.8, 4) is 0 Å². The number of halogens is 1. The third-order valence-electron chi connectivity index (χ3n) is 4.95. The van der Waals surface area contributed by atoms with Crippen molar-refractivity contribution in [1.82, 2.24) is 20.0 Å². The second-order valence-electron chi connectivity index (χ2n) is 7.37. The van der Waals surface area contributed by atoms with E-state index in [1.54, 1.807) is 30.9 Å². The fourth-order valence-corrected chi connectivity index (χ4v) is 3.46. The normalized spacial score (nSPS) is 10.7. The number of nitrogens with one attached hydrogen (secondary N) is 1. The van der Waals surface area contributed by atoms with Crippen molar-refractivity contribution in [3.63, 3.8) is 0 Å². The highest BCUT2D eigenvalue weighted by Gasteiger charge is 2.19. The van der Waals surface area contributed by atoms with Crippen LogP contribution >= 0.6 is 11.6 Å². The summed E-state index contributed by atoms with van der Waals surface area (Å²) in [7, 11) is 3.43. The quantitative estimate of drug-likeness (QED) is 0.653. The molecule has 0 unspecified atom stereocenters. The van der Waals surface area contributed by atoms with Gasteiger partial charge in [-0.05, 0) is 43.2 Å². The van der Waals surface area contributed by atoms with Gasteiger partial charge in [-0.3, -0.25) is 14.3 Å². The summed E-state index contributed by atoms with van der Waals surface area (Å²) in [5.74, 6) is -0.230. The van der Waals surface area contributed by atoms with Gasteiger partial charge in [-0.1, -0.05) is 41.9 Å². The Morgan fingerprint density at radius 2 is 1.73 bits per heavy atom. The molecule has 0 aliphatic carbocycles. The van der Waals surface area contributed by atoms with E-state index in [0.717, 1.165) is 16.8 Å². The van der Waals surface area contributed by atoms with Gasteiger partial charge >= 0.3 is 0 Å². The molecule has 1 aromatic heterocycles. The second-order valence-corrected chi connectivity index (χ2v) is 7.78. The molecule has 0 bridgehead atoms. The number of aryl methyl sites for hydroxylation is 1. The fourth-order valence-electron chi connectivity index (χ4n) is 3.26. The lowest BCUT2D eigenvalue weighted by atomic mass is 10.1. The molecule has 0 aliphatic heterocycles. The minimum Gasteiger partial charge on any atom is -0.348 e. The number of aromatic nitrogens is 2. The average molecular weight is 425 g/mol. The predicted octanol–water partition coefficient (Wildman–Crippen LogP) is 3.83. The van der Waals surface area contributed by atoms with Crippen LogP contribution in [0, 0.1) is 13.8 Å². The van der Waals surface area contributed by atoms with Gasteiger partial charge in [0.15, 0.2) is 0 Å². The van der Waals surface area contributed by atoms with Crippen molar-refractivity contribution in [2.75, 3.05) is 14.1 Å². The summed E-state index contributed by atoms with van der Waals surface area (Å²) in [4.78, 5) is 26.3. The Labute approximate surface area is 181 Å². The van der Waals surface area contributed by atoms with Crippen molar-refractivity contribution in [2.45, 2.75) is 26.9 Å². The summed E-state index contributed by atoms with van der Waals surface area (Å²) in [5.41, 5.74) is 4.51. The summed E-state index contributed by atoms with van der Waals surface area (Å²) >= 11 is 6.26. The molecule has 0 atom stereocenters. The molecule has 0 spiro atoms. The molecular formula is C23H25ClN4O2. The molecule has 156 valence electrons. The lowest BCUT2D eigenvalue weighted by Crippen LogP contribution is -2.24. The zero-order valence-electron chi connectivity index (χ0n) is 17.6. The van der Waals surface area contributed by atoms with Crippen LogP contribution in [0.15, 0.2) is 48.5 Å². The minimum atomic E-state index is -0.177. The molecule has 30 heavy (non-hydrogen) atoms. The Bertz CT molecular complexity index is 1070. The summed E-state index contributed by atoms with van der Waals surface area (Å²) in [6, 6.07) is 14.8. The van der Waals surface area contributed by atoms with Gasteiger partial charge in [0.25, 0.3) is 11.8 Å². The highest BCUT2D eigenvalue weighted by atomic mass is 35.5. The first-order valence-corrected chi connectivity index (χ1v) is 10.0. The zero-order chi connectivity index (χ0) is 21.8. The van der Waals surface area contributed by atoms with Crippen molar-refractivity contribution in [1.29, 1.82) is 0 Å². The van der Waals surface area contributed by atoms with Crippen LogP contribution in [0.25, 0.3) is 0 Å². The largest absolute Gasteiger partial charge is 0.348 e. The number of carbonyl (C=O) groups is 2. The van der Waals surface area contributed by atoms with Crippen LogP contribution in [0.4, 0.5) is 0 Å². The molecule has 0 fully saturated rings. The molecule has 1 N–H and O–H groups in total. The fraction of sp³-hybridized carbons (Fsp3) is 0.261. The number of benzene rings is 2. The van der Waals surface area contributed by atoms with Crippen molar-refractivity contribution in [2.24, 2.45) is 0 Å². The van der Waals surface area contributed by atoms with Crippen molar-refractivity contribution >= 4 is 23.4 Å². The van der Waals surface area contributed by atoms with Gasteiger partial charge in [0.05, 0.1) is 17.8 Å². The first-order chi connectivity index (χ1) is 14.3. The molecule has 2 aromatic carbocycles. The number of carbonyl (C=O) groups excluding carboxylic acids is 2. The lowest BCUT2D eigenvalue weighted by molar-refractivity contribution is 0.0827. The van der Waals surface area contributed by atoms with Crippen molar-refractivity contribution < 1.29 is 9.59 Å². The van der Waals surface area contributed by atoms with Gasteiger partial charge in [-0.15, -0.1) is 0 Å². The predicted molar refractivity (Wildman–Crippen MR) is 118 cm³/mol. The maximum absolute atomic E-state index is 12.8. The van der Waals surface area contributed by atoms with Crippen LogP contribution in [0.1, 0.15) is 43.2 Å². The Hall–Kier alpha value is -3.12. The molecule has 3 aromatic rings. The Balaban J connectivity index is 1.69. The van der Waals surface area contributed by atoms with E-state index in [2.05, 4.69) is 10.4 Å². The smallest absolute Gasteiger partial charge is 0.255 e. The zero-order valence-corrected chi connectivity index (χ0v) is 18.3. The van der Waals surface area contributed by atoms with Crippen molar-refractivity contribution in [3.05, 3.63) is 87.2 Å². The minimum absolute atomic E-state index is 0.0530. The molecule has 0 saturated heterocycles. The third kappa shape index (κ3) is 4.71. The first-order valence-electron chi connectivity index (χ1n) is 9.64. The van der Waals surface area contributed by atoms with E-state index < -0.39 is 0 Å². The number of hydrogen-bond donors (Lipinski definition) is 1. The number of rotatable bonds is 6. The van der Waals surface area contributed by atoms with Gasteiger partial charge < -0.3 is 10.2 Å². The van der Waals surface area contributed by atoms with Crippen LogP contribution < -0.4 is 5.32 Å². The Morgan fingerprint density at radius 1 is 1.07 bits per heavy atom. The number of amides is 2. The lowest BCUT2D eigenvalue weighted by Gasteiger charge is -2.11. The van der Waals surface area contributed by atoms with Crippen LogP contribution in [0.5, 0.6) is 0 Å². The molecule has 0 radical (unpaired) electrons. The van der Waals surface area contributed by atoms with Crippen LogP contribution in [0.3, 0.4) is 0 Å². The first kappa shape index (κ1) is 21.6. The Morgan fingerprint density at radius 3 is 2.37 bits per heavy atom. The SMILES string of the molecule is Cc1nn(Cc2ccccc2Cl)c(C)c1C(=O)NCc1ccc(C(=O)N(C)C)cc1. The van der Waals surface area contributed by atoms with E-state index in [0.29, 0.717) is 34.9 Å². The topological polar surface area (TPSA) is 67.2 Å². The number of nitrogens with zero attached hydrogens (tertiary/aromatic N) is 3. The monoisotopic (exact) mass is 424 g/mol. The van der Waals surface area contributed by atoms with Crippen LogP contribution in [-0.2, 0) is 13.1 Å². The molecule has 6 nitrogen and oxygen atoms in total. The van der Waals surface area contributed by atoms with Gasteiger partial charge in [0.2, 0.25) is 0 Å². The standard InChI is InChI=1S/C23H25ClN4O2/c1-15-21(16(2)28(26-15)14-19-7-5-6-8-20(19)24)22(29)25-13-17-9-11-18(12-10-17)23(30)27(3)4/h5-12H,13-14H2,1-4H3,(H,25,29). The van der Waals surface area contributed by atoms with E-state index >= 15 is 0 Å². The molecular weight excluding hydrogens is 400 g/mol. The highest BCUT2D eigenvalue weighted by molar-refractivity contribution is 6.31. The average Bonchev–Trinajstić information content (AvgIpc) is 3.00. The van der Waals surface area contributed by atoms with Gasteiger partial charge in [-0.2, -0.15) is 5.10 Å². The van der Waals surface area contributed by atoms with Gasteiger partial charge in [-0.25, -0.2) is 0 Å². The van der Waals surface area contributed by atoms with E-state index in [1.165, 1.54) is 4.90 Å². The summed E-state index contributed by atoms with van der Waals surface area (Å²) in [6.07, 6.45) is 0. The third-order valence-corrected chi connectivity index (χ3v) is 5.32. The molecule has 0 aliphatic rings. The molecule has 1 heterocycles. The maximum atomic E-state index is 12.8. The molecule has 2 amide bonds. The summed E-state index contributed by atoms with van der Waals surface area (Å²) in [5, 5.41) is 8.14. The molecule has 7 heteroatoms. The van der Waals surface area contributed by atoms with E-state index in [9.17, 15) is 9.59 Å². The molecule has 3 rings (SSSR count). The maximum Gasteiger partial charge on any atom is 0.255 e. The van der Waals surface area contributed by atoms with Crippen LogP contribution in [0.2, 0.25) is 5.02 Å².